The van der Waals surface area contributed by atoms with E-state index >= 15 is 0 Å². The number of aromatic amines is 2. The quantitative estimate of drug-likeness (QED) is 0.523. The van der Waals surface area contributed by atoms with Gasteiger partial charge in [0.2, 0.25) is 0 Å². The van der Waals surface area contributed by atoms with Crippen LogP contribution in [0.4, 0.5) is 4.39 Å². The molecule has 8 heteroatoms. The average Bonchev–Trinajstić information content (AvgIpc) is 3.21. The first-order valence-electron chi connectivity index (χ1n) is 9.68. The average molecular weight is 416 g/mol. The second-order valence-electron chi connectivity index (χ2n) is 7.58. The summed E-state index contributed by atoms with van der Waals surface area (Å²) < 4.78 is 19.4. The Kier molecular flexibility index (Phi) is 4.34. The number of nitriles is 1. The van der Waals surface area contributed by atoms with Crippen LogP contribution < -0.4 is 5.56 Å². The number of halogens is 1. The molecule has 1 unspecified atom stereocenters. The zero-order chi connectivity index (χ0) is 21.7. The molecule has 2 aromatic carbocycles. The van der Waals surface area contributed by atoms with Crippen LogP contribution in [0.5, 0.6) is 0 Å². The van der Waals surface area contributed by atoms with E-state index in [1.54, 1.807) is 42.3 Å². The van der Waals surface area contributed by atoms with Crippen LogP contribution in [-0.4, -0.2) is 34.4 Å². The zero-order valence-electron chi connectivity index (χ0n) is 16.5. The van der Waals surface area contributed by atoms with Crippen molar-refractivity contribution in [3.8, 4) is 6.07 Å². The molecule has 4 aromatic rings. The Morgan fingerprint density at radius 2 is 2.03 bits per heavy atom. The van der Waals surface area contributed by atoms with E-state index in [1.165, 1.54) is 12.1 Å². The van der Waals surface area contributed by atoms with Crippen molar-refractivity contribution in [2.75, 3.05) is 13.7 Å². The lowest BCUT2D eigenvalue weighted by Gasteiger charge is -2.33. The van der Waals surface area contributed by atoms with Gasteiger partial charge in [-0.15, -0.1) is 0 Å². The van der Waals surface area contributed by atoms with Crippen molar-refractivity contribution in [3.05, 3.63) is 81.2 Å². The Morgan fingerprint density at radius 1 is 1.19 bits per heavy atom. The topological polar surface area (TPSA) is 102 Å². The summed E-state index contributed by atoms with van der Waals surface area (Å²) in [6.07, 6.45) is 0. The van der Waals surface area contributed by atoms with Gasteiger partial charge in [0.15, 0.2) is 0 Å². The molecule has 3 heterocycles. The van der Waals surface area contributed by atoms with Gasteiger partial charge in [0.1, 0.15) is 11.5 Å². The Labute approximate surface area is 175 Å². The molecular formula is C23H17FN4O3. The van der Waals surface area contributed by atoms with E-state index in [1.807, 2.05) is 0 Å². The number of aromatic nitrogens is 2. The molecule has 0 spiro atoms. The molecule has 154 valence electrons. The van der Waals surface area contributed by atoms with Crippen molar-refractivity contribution in [1.29, 1.82) is 5.26 Å². The third-order valence-corrected chi connectivity index (χ3v) is 5.73. The molecule has 5 rings (SSSR count). The van der Waals surface area contributed by atoms with E-state index in [0.29, 0.717) is 22.3 Å². The van der Waals surface area contributed by atoms with Gasteiger partial charge in [-0.3, -0.25) is 9.59 Å². The maximum atomic E-state index is 13.7. The van der Waals surface area contributed by atoms with Crippen molar-refractivity contribution in [1.82, 2.24) is 14.9 Å². The monoisotopic (exact) mass is 416 g/mol. The van der Waals surface area contributed by atoms with Gasteiger partial charge in [-0.05, 0) is 41.8 Å². The Bertz CT molecular complexity index is 1460. The van der Waals surface area contributed by atoms with Crippen molar-refractivity contribution >= 4 is 27.6 Å². The van der Waals surface area contributed by atoms with Crippen LogP contribution in [-0.2, 0) is 11.3 Å². The molecule has 2 aromatic heterocycles. The summed E-state index contributed by atoms with van der Waals surface area (Å²) in [5.74, 6) is -0.765. The lowest BCUT2D eigenvalue weighted by atomic mass is 9.95. The SMILES string of the molecule is CN(C(=O)c1cc2cc(C#N)ccc2[nH]1)C1COCc2[nH]c(=O)c3cc(F)ccc3c21. The summed E-state index contributed by atoms with van der Waals surface area (Å²) in [6.45, 7) is 0.451. The minimum absolute atomic E-state index is 0.208. The summed E-state index contributed by atoms with van der Waals surface area (Å²) in [7, 11) is 1.66. The van der Waals surface area contributed by atoms with E-state index in [0.717, 1.165) is 16.5 Å². The number of benzene rings is 2. The number of likely N-dealkylation sites (N-methyl/N-ethyl adjacent to an activating group) is 1. The lowest BCUT2D eigenvalue weighted by molar-refractivity contribution is 0.0333. The van der Waals surface area contributed by atoms with E-state index in [4.69, 9.17) is 10.00 Å². The molecule has 0 saturated heterocycles. The fourth-order valence-electron chi connectivity index (χ4n) is 4.18. The van der Waals surface area contributed by atoms with E-state index < -0.39 is 17.4 Å². The number of carbonyl (C=O) groups excluding carboxylic acids is 1. The molecule has 0 radical (unpaired) electrons. The fourth-order valence-corrected chi connectivity index (χ4v) is 4.18. The summed E-state index contributed by atoms with van der Waals surface area (Å²) in [6, 6.07) is 12.6. The number of pyridine rings is 1. The number of nitrogens with one attached hydrogen (secondary N) is 2. The first-order valence-corrected chi connectivity index (χ1v) is 9.68. The van der Waals surface area contributed by atoms with Crippen LogP contribution >= 0.6 is 0 Å². The smallest absolute Gasteiger partial charge is 0.270 e. The standard InChI is InChI=1S/C23H17FN4O3/c1-28(23(30)18-7-13-6-12(9-25)2-5-17(13)26-18)20-11-31-10-19-21(20)15-4-3-14(24)8-16(15)22(29)27-19/h2-8,20,26H,10-11H2,1H3,(H,27,29). The van der Waals surface area contributed by atoms with E-state index in [9.17, 15) is 14.0 Å². The Morgan fingerprint density at radius 3 is 2.84 bits per heavy atom. The highest BCUT2D eigenvalue weighted by atomic mass is 19.1. The summed E-state index contributed by atoms with van der Waals surface area (Å²) >= 11 is 0. The molecule has 7 nitrogen and oxygen atoms in total. The predicted octanol–water partition coefficient (Wildman–Crippen LogP) is 3.36. The molecule has 31 heavy (non-hydrogen) atoms. The van der Waals surface area contributed by atoms with Crippen molar-refractivity contribution in [3.63, 3.8) is 0 Å². The third-order valence-electron chi connectivity index (χ3n) is 5.73. The molecule has 0 saturated carbocycles. The minimum Gasteiger partial charge on any atom is -0.373 e. The van der Waals surface area contributed by atoms with Gasteiger partial charge in [0, 0.05) is 29.2 Å². The van der Waals surface area contributed by atoms with Crippen molar-refractivity contribution in [2.24, 2.45) is 0 Å². The summed E-state index contributed by atoms with van der Waals surface area (Å²) in [5, 5.41) is 10.7. The van der Waals surface area contributed by atoms with Gasteiger partial charge >= 0.3 is 0 Å². The zero-order valence-corrected chi connectivity index (χ0v) is 16.5. The molecule has 0 bridgehead atoms. The third kappa shape index (κ3) is 3.07. The lowest BCUT2D eigenvalue weighted by Crippen LogP contribution is -2.37. The summed E-state index contributed by atoms with van der Waals surface area (Å²) in [5.41, 5.74) is 2.57. The van der Waals surface area contributed by atoms with Crippen LogP contribution in [0, 0.1) is 17.1 Å². The highest BCUT2D eigenvalue weighted by Crippen LogP contribution is 2.33. The number of fused-ring (bicyclic) bond motifs is 4. The maximum absolute atomic E-state index is 13.7. The number of nitrogens with zero attached hydrogens (tertiary/aromatic N) is 2. The van der Waals surface area contributed by atoms with E-state index in [2.05, 4.69) is 16.0 Å². The van der Waals surface area contributed by atoms with Crippen LogP contribution in [0.1, 0.15) is 33.4 Å². The number of H-pyrrole nitrogens is 2. The van der Waals surface area contributed by atoms with Gasteiger partial charge in [-0.25, -0.2) is 4.39 Å². The van der Waals surface area contributed by atoms with Crippen LogP contribution in [0.25, 0.3) is 21.7 Å². The molecule has 1 aliphatic rings. The molecule has 2 N–H and O–H groups in total. The summed E-state index contributed by atoms with van der Waals surface area (Å²) in [4.78, 5) is 33.1. The second kappa shape index (κ2) is 7.07. The number of ether oxygens (including phenoxy) is 1. The highest BCUT2D eigenvalue weighted by molar-refractivity contribution is 5.98. The first kappa shape index (κ1) is 19.0. The van der Waals surface area contributed by atoms with Gasteiger partial charge in [-0.2, -0.15) is 5.26 Å². The maximum Gasteiger partial charge on any atom is 0.270 e. The second-order valence-corrected chi connectivity index (χ2v) is 7.58. The first-order chi connectivity index (χ1) is 15.0. The number of amides is 1. The highest BCUT2D eigenvalue weighted by Gasteiger charge is 2.31. The van der Waals surface area contributed by atoms with Crippen LogP contribution in [0.15, 0.2) is 47.3 Å². The molecular weight excluding hydrogens is 399 g/mol. The van der Waals surface area contributed by atoms with Gasteiger partial charge in [0.25, 0.3) is 11.5 Å². The van der Waals surface area contributed by atoms with Crippen LogP contribution in [0.2, 0.25) is 0 Å². The predicted molar refractivity (Wildman–Crippen MR) is 112 cm³/mol. The number of hydrogen-bond donors (Lipinski definition) is 2. The van der Waals surface area contributed by atoms with Crippen molar-refractivity contribution in [2.45, 2.75) is 12.6 Å². The number of carbonyl (C=O) groups is 1. The van der Waals surface area contributed by atoms with Gasteiger partial charge in [-0.1, -0.05) is 6.07 Å². The molecule has 1 atom stereocenters. The number of rotatable bonds is 2. The Balaban J connectivity index is 1.58. The number of hydrogen-bond acceptors (Lipinski definition) is 4. The minimum atomic E-state index is -0.499. The molecule has 1 aliphatic heterocycles. The Hall–Kier alpha value is -3.96. The van der Waals surface area contributed by atoms with Crippen LogP contribution in [0.3, 0.4) is 0 Å². The normalized spacial score (nSPS) is 15.6. The molecule has 0 fully saturated rings. The van der Waals surface area contributed by atoms with Crippen molar-refractivity contribution < 1.29 is 13.9 Å². The van der Waals surface area contributed by atoms with Gasteiger partial charge in [0.05, 0.1) is 36.3 Å². The van der Waals surface area contributed by atoms with Gasteiger partial charge < -0.3 is 19.6 Å². The largest absolute Gasteiger partial charge is 0.373 e. The van der Waals surface area contributed by atoms with E-state index in [-0.39, 0.29) is 24.5 Å². The molecule has 1 amide bonds. The molecule has 0 aliphatic carbocycles. The fraction of sp³-hybridized carbons (Fsp3) is 0.174.